The second-order valence-corrected chi connectivity index (χ2v) is 11.9. The molecule has 2 aliphatic rings. The van der Waals surface area contributed by atoms with Gasteiger partial charge in [0, 0.05) is 79.3 Å². The number of morpholine rings is 1. The van der Waals surface area contributed by atoms with Gasteiger partial charge >= 0.3 is 0 Å². The summed E-state index contributed by atoms with van der Waals surface area (Å²) >= 11 is 0. The number of methoxy groups -OCH3 is 1. The number of pyridine rings is 2. The monoisotopic (exact) mass is 697 g/mol. The Hall–Kier alpha value is -5.86. The molecule has 5 aromatic rings. The van der Waals surface area contributed by atoms with Gasteiger partial charge in [-0.15, -0.1) is 0 Å². The lowest BCUT2D eigenvalue weighted by Crippen LogP contribution is -2.38. The predicted molar refractivity (Wildman–Crippen MR) is 184 cm³/mol. The van der Waals surface area contributed by atoms with Gasteiger partial charge in [0.15, 0.2) is 11.6 Å². The molecule has 12 nitrogen and oxygen atoms in total. The van der Waals surface area contributed by atoms with Crippen LogP contribution in [0.4, 0.5) is 20.2 Å². The highest BCUT2D eigenvalue weighted by Crippen LogP contribution is 2.37. The zero-order chi connectivity index (χ0) is 35.5. The first-order valence-electron chi connectivity index (χ1n) is 16.3. The number of hydrogen-bond donors (Lipinski definition) is 2. The van der Waals surface area contributed by atoms with Gasteiger partial charge in [-0.25, -0.2) is 8.78 Å². The van der Waals surface area contributed by atoms with Crippen LogP contribution in [0.1, 0.15) is 22.3 Å². The average molecular weight is 698 g/mol. The Bertz CT molecular complexity index is 2190. The number of hydrogen-bond acceptors (Lipinski definition) is 9. The van der Waals surface area contributed by atoms with Crippen molar-refractivity contribution in [3.05, 3.63) is 106 Å². The summed E-state index contributed by atoms with van der Waals surface area (Å²) in [5, 5.41) is 5.98. The number of aromatic nitrogens is 2. The summed E-state index contributed by atoms with van der Waals surface area (Å²) in [5.74, 6) is -1.57. The van der Waals surface area contributed by atoms with Crippen molar-refractivity contribution in [3.8, 4) is 28.7 Å². The quantitative estimate of drug-likeness (QED) is 0.199. The van der Waals surface area contributed by atoms with Crippen LogP contribution >= 0.6 is 0 Å². The maximum atomic E-state index is 15.5. The van der Waals surface area contributed by atoms with Gasteiger partial charge in [-0.1, -0.05) is 0 Å². The fourth-order valence-electron chi connectivity index (χ4n) is 6.03. The van der Waals surface area contributed by atoms with Gasteiger partial charge in [0.25, 0.3) is 11.5 Å². The zero-order valence-corrected chi connectivity index (χ0v) is 27.5. The number of carbonyl (C=O) groups is 2. The van der Waals surface area contributed by atoms with Crippen LogP contribution in [-0.2, 0) is 16.0 Å². The number of benzene rings is 3. The van der Waals surface area contributed by atoms with Crippen molar-refractivity contribution in [2.45, 2.75) is 12.8 Å². The Balaban J connectivity index is 1.10. The summed E-state index contributed by atoms with van der Waals surface area (Å²) in [5.41, 5.74) is 1.05. The topological polar surface area (TPSA) is 133 Å². The van der Waals surface area contributed by atoms with Crippen molar-refractivity contribution in [1.29, 1.82) is 0 Å². The lowest BCUT2D eigenvalue weighted by Gasteiger charge is -2.26. The van der Waals surface area contributed by atoms with E-state index in [-0.39, 0.29) is 47.4 Å². The van der Waals surface area contributed by atoms with Crippen molar-refractivity contribution in [2.24, 2.45) is 0 Å². The van der Waals surface area contributed by atoms with Crippen molar-refractivity contribution in [3.63, 3.8) is 0 Å². The molecule has 51 heavy (non-hydrogen) atoms. The second kappa shape index (κ2) is 14.5. The largest absolute Gasteiger partial charge is 0.494 e. The van der Waals surface area contributed by atoms with Crippen LogP contribution in [0.3, 0.4) is 0 Å². The number of anilines is 2. The lowest BCUT2D eigenvalue weighted by atomic mass is 10.1. The predicted octanol–water partition coefficient (Wildman–Crippen LogP) is 5.31. The molecular formula is C37H33F2N5O7. The molecule has 2 aliphatic heterocycles. The number of nitrogens with one attached hydrogen (secondary N) is 2. The lowest BCUT2D eigenvalue weighted by molar-refractivity contribution is -0.116. The molecule has 0 saturated carbocycles. The summed E-state index contributed by atoms with van der Waals surface area (Å²) in [4.78, 5) is 46.4. The maximum absolute atomic E-state index is 15.5. The fourth-order valence-corrected chi connectivity index (χ4v) is 6.03. The van der Waals surface area contributed by atoms with Gasteiger partial charge < -0.3 is 29.6 Å². The number of nitrogens with zero attached hydrogens (tertiary/aromatic N) is 3. The third-order valence-corrected chi connectivity index (χ3v) is 8.65. The minimum atomic E-state index is -0.795. The first-order chi connectivity index (χ1) is 24.8. The van der Waals surface area contributed by atoms with Gasteiger partial charge in [0.2, 0.25) is 5.91 Å². The van der Waals surface area contributed by atoms with Crippen LogP contribution in [0.5, 0.6) is 23.0 Å². The Morgan fingerprint density at radius 2 is 1.75 bits per heavy atom. The van der Waals surface area contributed by atoms with E-state index in [0.29, 0.717) is 59.8 Å². The van der Waals surface area contributed by atoms with Crippen LogP contribution in [0.2, 0.25) is 0 Å². The highest BCUT2D eigenvalue weighted by atomic mass is 19.1. The molecule has 0 unspecified atom stereocenters. The average Bonchev–Trinajstić information content (AvgIpc) is 3.60. The Kier molecular flexibility index (Phi) is 9.59. The maximum Gasteiger partial charge on any atom is 0.271 e. The van der Waals surface area contributed by atoms with Crippen LogP contribution in [0, 0.1) is 11.6 Å². The summed E-state index contributed by atoms with van der Waals surface area (Å²) in [6.07, 6.45) is 3.82. The fraction of sp³-hybridized carbons (Fsp3) is 0.243. The van der Waals surface area contributed by atoms with Crippen molar-refractivity contribution >= 4 is 34.1 Å². The number of fused-ring (bicyclic) bond motifs is 2. The molecule has 0 atom stereocenters. The van der Waals surface area contributed by atoms with Gasteiger partial charge in [-0.05, 0) is 48.5 Å². The molecule has 7 rings (SSSR count). The summed E-state index contributed by atoms with van der Waals surface area (Å²) in [6, 6.07) is 14.0. The third kappa shape index (κ3) is 7.23. The number of halogens is 2. The molecule has 14 heteroatoms. The molecule has 0 aliphatic carbocycles. The van der Waals surface area contributed by atoms with Gasteiger partial charge in [0.05, 0.1) is 38.1 Å². The van der Waals surface area contributed by atoms with E-state index in [4.69, 9.17) is 18.9 Å². The van der Waals surface area contributed by atoms with Crippen LogP contribution in [0.15, 0.2) is 77.9 Å². The van der Waals surface area contributed by atoms with E-state index < -0.39 is 23.1 Å². The van der Waals surface area contributed by atoms with E-state index in [1.165, 1.54) is 54.3 Å². The van der Waals surface area contributed by atoms with Crippen LogP contribution < -0.4 is 30.4 Å². The Morgan fingerprint density at radius 1 is 0.941 bits per heavy atom. The molecule has 3 aromatic carbocycles. The Labute approximate surface area is 290 Å². The molecule has 0 spiro atoms. The number of carbonyl (C=O) groups excluding carboxylic acids is 2. The van der Waals surface area contributed by atoms with Gasteiger partial charge in [-0.2, -0.15) is 0 Å². The standard InChI is InChI=1S/C37H33F2N5O7/c1-48-32-20-28-26(19-29(32)42-33(45)9-12-43-13-16-49-17-14-43)30(8-11-40-28)51-31-7-4-24(18-27(31)39)41-36(46)34-35-22(10-15-50-35)21-44(37(34)47)25-5-2-23(38)3-6-25/h2-8,11,18-21H,9-10,12-17H2,1H3,(H,41,46)(H,42,45). The zero-order valence-electron chi connectivity index (χ0n) is 27.5. The minimum Gasteiger partial charge on any atom is -0.494 e. The van der Waals surface area contributed by atoms with Gasteiger partial charge in [-0.3, -0.25) is 28.8 Å². The smallest absolute Gasteiger partial charge is 0.271 e. The summed E-state index contributed by atoms with van der Waals surface area (Å²) < 4.78 is 52.8. The second-order valence-electron chi connectivity index (χ2n) is 11.9. The number of ether oxygens (including phenoxy) is 4. The molecule has 0 bridgehead atoms. The van der Waals surface area contributed by atoms with Gasteiger partial charge in [0.1, 0.15) is 28.6 Å². The van der Waals surface area contributed by atoms with Crippen molar-refractivity contribution in [1.82, 2.24) is 14.5 Å². The van der Waals surface area contributed by atoms with Crippen LogP contribution in [-0.4, -0.2) is 72.8 Å². The summed E-state index contributed by atoms with van der Waals surface area (Å²) in [7, 11) is 1.49. The minimum absolute atomic E-state index is 0.0691. The number of amides is 2. The molecule has 2 aromatic heterocycles. The van der Waals surface area contributed by atoms with Crippen molar-refractivity contribution in [2.75, 3.05) is 57.2 Å². The van der Waals surface area contributed by atoms with E-state index in [9.17, 15) is 18.8 Å². The highest BCUT2D eigenvalue weighted by molar-refractivity contribution is 6.06. The van der Waals surface area contributed by atoms with E-state index in [2.05, 4.69) is 20.5 Å². The van der Waals surface area contributed by atoms with E-state index in [0.717, 1.165) is 19.2 Å². The molecule has 1 fully saturated rings. The SMILES string of the molecule is COc1cc2nccc(Oc3ccc(NC(=O)c4c5c(cn(-c6ccc(F)cc6)c4=O)CCO5)cc3F)c2cc1NC(=O)CCN1CCOCC1. The van der Waals surface area contributed by atoms with Crippen LogP contribution in [0.25, 0.3) is 16.6 Å². The Morgan fingerprint density at radius 3 is 2.51 bits per heavy atom. The molecule has 4 heterocycles. The molecule has 262 valence electrons. The highest BCUT2D eigenvalue weighted by Gasteiger charge is 2.27. The van der Waals surface area contributed by atoms with Crippen molar-refractivity contribution < 1.29 is 37.3 Å². The molecule has 0 radical (unpaired) electrons. The molecular weight excluding hydrogens is 664 g/mol. The van der Waals surface area contributed by atoms with E-state index >= 15 is 4.39 Å². The number of rotatable bonds is 10. The van der Waals surface area contributed by atoms with E-state index in [1.54, 1.807) is 24.4 Å². The first-order valence-corrected chi connectivity index (χ1v) is 16.3. The van der Waals surface area contributed by atoms with E-state index in [1.807, 2.05) is 0 Å². The molecule has 2 N–H and O–H groups in total. The first kappa shape index (κ1) is 33.6. The molecule has 2 amide bonds. The normalized spacial score (nSPS) is 14.1. The third-order valence-electron chi connectivity index (χ3n) is 8.65. The summed E-state index contributed by atoms with van der Waals surface area (Å²) in [6.45, 7) is 3.69. The molecule has 1 saturated heterocycles.